The van der Waals surface area contributed by atoms with Gasteiger partial charge in [0.25, 0.3) is 0 Å². The lowest BCUT2D eigenvalue weighted by atomic mass is 9.81. The van der Waals surface area contributed by atoms with Crippen molar-refractivity contribution in [2.75, 3.05) is 56.0 Å². The molecule has 2 aliphatic heterocycles. The van der Waals surface area contributed by atoms with Gasteiger partial charge in [-0.2, -0.15) is 4.58 Å². The van der Waals surface area contributed by atoms with Gasteiger partial charge in [-0.3, -0.25) is 4.79 Å². The Morgan fingerprint density at radius 1 is 0.872 bits per heavy atom. The van der Waals surface area contributed by atoms with Crippen LogP contribution in [-0.4, -0.2) is 73.7 Å². The molecule has 0 unspecified atom stereocenters. The first-order valence-corrected chi connectivity index (χ1v) is 13.0. The zero-order valence-electron chi connectivity index (χ0n) is 24.1. The number of rotatable bonds is 8. The van der Waals surface area contributed by atoms with Crippen LogP contribution in [-0.2, 0) is 20.4 Å². The van der Waals surface area contributed by atoms with Crippen molar-refractivity contribution in [3.05, 3.63) is 71.5 Å². The van der Waals surface area contributed by atoms with Crippen molar-refractivity contribution in [1.82, 2.24) is 0 Å². The third-order valence-corrected chi connectivity index (χ3v) is 7.88. The lowest BCUT2D eigenvalue weighted by molar-refractivity contribution is -0.428. The molecule has 2 heterocycles. The minimum Gasteiger partial charge on any atom is -0.480 e. The normalized spacial score (nSPS) is 18.1. The number of hydrogen-bond donors (Lipinski definition) is 2. The average molecular weight is 532 g/mol. The average Bonchev–Trinajstić information content (AvgIpc) is 3.17. The maximum absolute atomic E-state index is 11.8. The first kappa shape index (κ1) is 28.0. The second-order valence-electron chi connectivity index (χ2n) is 11.7. The van der Waals surface area contributed by atoms with Crippen molar-refractivity contribution >= 4 is 40.4 Å². The molecule has 0 saturated carbocycles. The first-order valence-electron chi connectivity index (χ1n) is 13.0. The molecule has 0 aliphatic carbocycles. The summed E-state index contributed by atoms with van der Waals surface area (Å²) in [7, 11) is 7.95. The van der Waals surface area contributed by atoms with Crippen LogP contribution in [0.3, 0.4) is 0 Å². The topological polar surface area (TPSA) is 87.3 Å². The summed E-state index contributed by atoms with van der Waals surface area (Å²) in [5.41, 5.74) is 6.91. The fourth-order valence-electron chi connectivity index (χ4n) is 5.72. The largest absolute Gasteiger partial charge is 0.480 e. The van der Waals surface area contributed by atoms with Crippen molar-refractivity contribution in [3.63, 3.8) is 0 Å². The second kappa shape index (κ2) is 9.91. The van der Waals surface area contributed by atoms with Crippen molar-refractivity contribution in [2.24, 2.45) is 0 Å². The summed E-state index contributed by atoms with van der Waals surface area (Å²) in [6.07, 6.45) is 5.86. The van der Waals surface area contributed by atoms with Crippen LogP contribution >= 0.6 is 0 Å². The summed E-state index contributed by atoms with van der Waals surface area (Å²) in [6, 6.07) is 12.2. The van der Waals surface area contributed by atoms with E-state index in [-0.39, 0.29) is 13.1 Å². The van der Waals surface area contributed by atoms with Gasteiger partial charge in [0.1, 0.15) is 6.54 Å². The Bertz CT molecular complexity index is 1430. The summed E-state index contributed by atoms with van der Waals surface area (Å²) in [4.78, 5) is 29.6. The number of fused-ring (bicyclic) bond motifs is 2. The summed E-state index contributed by atoms with van der Waals surface area (Å²) in [5.74, 6) is -1.81. The first-order chi connectivity index (χ1) is 18.2. The SMILES string of the molecule is CN(C)c1ccc2c(c1)C(C)(C)C(/C=C/C=C1/N(CC(=O)O)c3ccc(N(C)C)cc3C1(C)C)=[N+]2CC(=O)O. The highest BCUT2D eigenvalue weighted by Gasteiger charge is 2.45. The van der Waals surface area contributed by atoms with Crippen molar-refractivity contribution in [3.8, 4) is 0 Å². The molecule has 0 radical (unpaired) electrons. The Hall–Kier alpha value is -4.07. The zero-order chi connectivity index (χ0) is 28.9. The van der Waals surface area contributed by atoms with E-state index in [1.807, 2.05) is 90.0 Å². The Morgan fingerprint density at radius 3 is 2.03 bits per heavy atom. The molecule has 2 N–H and O–H groups in total. The maximum atomic E-state index is 11.8. The molecule has 0 bridgehead atoms. The molecule has 39 heavy (non-hydrogen) atoms. The standard InChI is InChI=1S/C31H38N4O4/c1-30(2)22-16-20(32(5)6)12-14-24(22)34(18-28(36)37)26(30)10-9-11-27-31(3,4)23-17-21(33(7)8)13-15-25(23)35(27)19-29(38)39/h9-17H,18-19H2,1-8H3,(H-,36,37,38,39)/p+1. The lowest BCUT2D eigenvalue weighted by Gasteiger charge is -2.25. The van der Waals surface area contributed by atoms with Gasteiger partial charge in [-0.25, -0.2) is 4.79 Å². The molecule has 0 amide bonds. The van der Waals surface area contributed by atoms with E-state index in [1.54, 1.807) is 0 Å². The Kier molecular flexibility index (Phi) is 7.10. The Morgan fingerprint density at radius 2 is 1.46 bits per heavy atom. The summed E-state index contributed by atoms with van der Waals surface area (Å²) in [6.45, 7) is 8.12. The van der Waals surface area contributed by atoms with Gasteiger partial charge in [-0.05, 0) is 55.8 Å². The molecule has 8 nitrogen and oxygen atoms in total. The van der Waals surface area contributed by atoms with Crippen LogP contribution in [0.1, 0.15) is 38.8 Å². The fraction of sp³-hybridized carbons (Fsp3) is 0.387. The number of benzene rings is 2. The lowest BCUT2D eigenvalue weighted by Crippen LogP contribution is -2.31. The molecule has 0 atom stereocenters. The number of carboxylic acid groups (broad SMARTS) is 2. The van der Waals surface area contributed by atoms with Gasteiger partial charge < -0.3 is 24.9 Å². The molecule has 0 aromatic heterocycles. The molecule has 0 saturated heterocycles. The predicted molar refractivity (Wildman–Crippen MR) is 157 cm³/mol. The van der Waals surface area contributed by atoms with Gasteiger partial charge in [-0.15, -0.1) is 0 Å². The quantitative estimate of drug-likeness (QED) is 0.482. The highest BCUT2D eigenvalue weighted by molar-refractivity contribution is 6.04. The Balaban J connectivity index is 1.81. The molecule has 4 rings (SSSR count). The van der Waals surface area contributed by atoms with Crippen LogP contribution in [0.25, 0.3) is 0 Å². The highest BCUT2D eigenvalue weighted by atomic mass is 16.4. The van der Waals surface area contributed by atoms with Crippen LogP contribution in [0.15, 0.2) is 60.3 Å². The smallest absolute Gasteiger partial charge is 0.370 e. The molecule has 2 aromatic carbocycles. The summed E-state index contributed by atoms with van der Waals surface area (Å²) in [5, 5.41) is 19.4. The molecule has 0 spiro atoms. The summed E-state index contributed by atoms with van der Waals surface area (Å²) >= 11 is 0. The van der Waals surface area contributed by atoms with E-state index in [0.29, 0.717) is 0 Å². The summed E-state index contributed by atoms with van der Waals surface area (Å²) < 4.78 is 1.86. The second-order valence-corrected chi connectivity index (χ2v) is 11.7. The minimum atomic E-state index is -0.906. The monoisotopic (exact) mass is 531 g/mol. The number of hydrogen-bond acceptors (Lipinski definition) is 5. The van der Waals surface area contributed by atoms with Gasteiger partial charge in [0.05, 0.1) is 5.41 Å². The number of carbonyl (C=O) groups is 2. The molecule has 0 fully saturated rings. The van der Waals surface area contributed by atoms with E-state index < -0.39 is 22.8 Å². The van der Waals surface area contributed by atoms with Crippen molar-refractivity contribution in [1.29, 1.82) is 0 Å². The van der Waals surface area contributed by atoms with E-state index >= 15 is 0 Å². The molecular formula is C31H39N4O4+. The molecule has 8 heteroatoms. The number of carboxylic acids is 2. The maximum Gasteiger partial charge on any atom is 0.370 e. The van der Waals surface area contributed by atoms with Gasteiger partial charge >= 0.3 is 11.9 Å². The van der Waals surface area contributed by atoms with Crippen molar-refractivity contribution < 1.29 is 24.4 Å². The third-order valence-electron chi connectivity index (χ3n) is 7.88. The van der Waals surface area contributed by atoms with Gasteiger partial charge in [-0.1, -0.05) is 19.9 Å². The van der Waals surface area contributed by atoms with Crippen LogP contribution < -0.4 is 14.7 Å². The van der Waals surface area contributed by atoms with E-state index in [4.69, 9.17) is 0 Å². The molecule has 2 aromatic rings. The van der Waals surface area contributed by atoms with Crippen LogP contribution in [0.2, 0.25) is 0 Å². The van der Waals surface area contributed by atoms with Crippen LogP contribution in [0, 0.1) is 0 Å². The molecule has 206 valence electrons. The van der Waals surface area contributed by atoms with Crippen molar-refractivity contribution in [2.45, 2.75) is 38.5 Å². The van der Waals surface area contributed by atoms with E-state index in [1.165, 1.54) is 0 Å². The number of aliphatic carboxylic acids is 2. The van der Waals surface area contributed by atoms with E-state index in [9.17, 15) is 19.8 Å². The van der Waals surface area contributed by atoms with Crippen LogP contribution in [0.5, 0.6) is 0 Å². The van der Waals surface area contributed by atoms with E-state index in [0.717, 1.165) is 45.3 Å². The minimum absolute atomic E-state index is 0.149. The molecular weight excluding hydrogens is 492 g/mol. The third kappa shape index (κ3) is 4.91. The Labute approximate surface area is 230 Å². The van der Waals surface area contributed by atoms with Crippen LogP contribution in [0.4, 0.5) is 22.7 Å². The van der Waals surface area contributed by atoms with Gasteiger partial charge in [0.15, 0.2) is 5.71 Å². The zero-order valence-corrected chi connectivity index (χ0v) is 24.1. The predicted octanol–water partition coefficient (Wildman–Crippen LogP) is 4.60. The number of anilines is 3. The number of nitrogens with zero attached hydrogens (tertiary/aromatic N) is 4. The molecule has 2 aliphatic rings. The van der Waals surface area contributed by atoms with Gasteiger partial charge in [0.2, 0.25) is 12.2 Å². The highest BCUT2D eigenvalue weighted by Crippen LogP contribution is 2.49. The van der Waals surface area contributed by atoms with Gasteiger partial charge in [0, 0.05) is 74.1 Å². The van der Waals surface area contributed by atoms with E-state index in [2.05, 4.69) is 39.8 Å². The fourth-order valence-corrected chi connectivity index (χ4v) is 5.72. The number of allylic oxidation sites excluding steroid dienone is 4.